The second kappa shape index (κ2) is 9.39. The van der Waals surface area contributed by atoms with Crippen molar-refractivity contribution in [1.82, 2.24) is 14.7 Å². The first-order chi connectivity index (χ1) is 16.3. The van der Waals surface area contributed by atoms with Crippen LogP contribution in [-0.4, -0.2) is 62.9 Å². The van der Waals surface area contributed by atoms with E-state index in [4.69, 9.17) is 9.57 Å². The third-order valence-corrected chi connectivity index (χ3v) is 8.03. The molecule has 0 aromatic heterocycles. The van der Waals surface area contributed by atoms with Gasteiger partial charge in [-0.25, -0.2) is 23.0 Å². The van der Waals surface area contributed by atoms with Gasteiger partial charge >= 0.3 is 0 Å². The minimum absolute atomic E-state index is 0.0431. The standard InChI is InChI=1S/C25H32N4O4S/c1-17(2)16-32-18(3)33-29-12-6-11-26-25(29)28-14-22-23(15-28)24(22)27-34(30,31)21-10-9-19-7-4-5-8-20(19)13-21/h4-13,17-18,22-25,27H,14-16H2,1-3H3. The van der Waals surface area contributed by atoms with Gasteiger partial charge in [0.25, 0.3) is 0 Å². The van der Waals surface area contributed by atoms with Crippen molar-refractivity contribution in [3.05, 3.63) is 54.7 Å². The van der Waals surface area contributed by atoms with Crippen LogP contribution in [0.2, 0.25) is 0 Å². The third kappa shape index (κ3) is 4.89. The molecule has 2 aromatic carbocycles. The molecule has 9 heteroatoms. The fraction of sp³-hybridized carbons (Fsp3) is 0.480. The Morgan fingerprint density at radius 3 is 2.56 bits per heavy atom. The van der Waals surface area contributed by atoms with Gasteiger partial charge in [0.05, 0.1) is 11.5 Å². The van der Waals surface area contributed by atoms with E-state index >= 15 is 0 Å². The van der Waals surface area contributed by atoms with Crippen molar-refractivity contribution in [2.24, 2.45) is 22.7 Å². The molecule has 1 N–H and O–H groups in total. The number of fused-ring (bicyclic) bond motifs is 2. The van der Waals surface area contributed by atoms with Crippen LogP contribution in [0.25, 0.3) is 10.8 Å². The summed E-state index contributed by atoms with van der Waals surface area (Å²) in [5, 5.41) is 3.67. The summed E-state index contributed by atoms with van der Waals surface area (Å²) in [5.41, 5.74) is 0. The Bertz CT molecular complexity index is 1190. The van der Waals surface area contributed by atoms with E-state index in [0.29, 0.717) is 17.4 Å². The molecule has 2 aromatic rings. The lowest BCUT2D eigenvalue weighted by atomic mass is 10.1. The molecular weight excluding hydrogens is 452 g/mol. The van der Waals surface area contributed by atoms with Gasteiger partial charge in [0.15, 0.2) is 6.29 Å². The normalized spacial score (nSPS) is 27.5. The molecule has 5 rings (SSSR count). The summed E-state index contributed by atoms with van der Waals surface area (Å²) in [7, 11) is -3.57. The summed E-state index contributed by atoms with van der Waals surface area (Å²) in [6, 6.07) is 13.0. The molecular formula is C25H32N4O4S. The molecule has 3 aliphatic rings. The van der Waals surface area contributed by atoms with E-state index in [9.17, 15) is 8.42 Å². The number of hydroxylamine groups is 2. The number of aliphatic imine (C=N–C) groups is 1. The van der Waals surface area contributed by atoms with Gasteiger partial charge in [0.1, 0.15) is 0 Å². The monoisotopic (exact) mass is 484 g/mol. The number of sulfonamides is 1. The van der Waals surface area contributed by atoms with Gasteiger partial charge in [0, 0.05) is 31.5 Å². The van der Waals surface area contributed by atoms with Gasteiger partial charge in [-0.15, -0.1) is 0 Å². The van der Waals surface area contributed by atoms with Crippen molar-refractivity contribution in [2.45, 2.75) is 44.3 Å². The van der Waals surface area contributed by atoms with Gasteiger partial charge in [0.2, 0.25) is 16.3 Å². The first kappa shape index (κ1) is 23.4. The lowest BCUT2D eigenvalue weighted by Gasteiger charge is -2.36. The lowest BCUT2D eigenvalue weighted by Crippen LogP contribution is -2.48. The van der Waals surface area contributed by atoms with E-state index in [1.807, 2.05) is 49.5 Å². The van der Waals surface area contributed by atoms with Gasteiger partial charge in [-0.05, 0) is 53.7 Å². The number of allylic oxidation sites excluding steroid dienone is 1. The number of piperidine rings is 1. The Morgan fingerprint density at radius 1 is 1.09 bits per heavy atom. The predicted octanol–water partition coefficient (Wildman–Crippen LogP) is 3.18. The number of rotatable bonds is 9. The molecule has 4 unspecified atom stereocenters. The van der Waals surface area contributed by atoms with E-state index in [2.05, 4.69) is 28.5 Å². The van der Waals surface area contributed by atoms with E-state index < -0.39 is 10.0 Å². The SMILES string of the molecule is CC(C)COC(C)ON1C=CC=NC1N1CC2C(C1)C2NS(=O)(=O)c1ccc2ccccc2c1. The molecule has 1 saturated carbocycles. The highest BCUT2D eigenvalue weighted by Crippen LogP contribution is 2.47. The zero-order chi connectivity index (χ0) is 23.9. The average molecular weight is 485 g/mol. The number of hydrogen-bond donors (Lipinski definition) is 1. The van der Waals surface area contributed by atoms with E-state index in [0.717, 1.165) is 23.9 Å². The molecule has 2 fully saturated rings. The summed E-state index contributed by atoms with van der Waals surface area (Å²) >= 11 is 0. The Balaban J connectivity index is 1.18. The maximum Gasteiger partial charge on any atom is 0.240 e. The van der Waals surface area contributed by atoms with Crippen molar-refractivity contribution in [1.29, 1.82) is 0 Å². The molecule has 2 aliphatic heterocycles. The zero-order valence-corrected chi connectivity index (χ0v) is 20.6. The van der Waals surface area contributed by atoms with Crippen molar-refractivity contribution in [3.8, 4) is 0 Å². The number of likely N-dealkylation sites (tertiary alicyclic amines) is 1. The maximum absolute atomic E-state index is 13.0. The topological polar surface area (TPSA) is 83.5 Å². The van der Waals surface area contributed by atoms with Crippen LogP contribution in [0.15, 0.2) is 64.6 Å². The molecule has 2 heterocycles. The fourth-order valence-electron chi connectivity index (χ4n) is 4.77. The summed E-state index contributed by atoms with van der Waals surface area (Å²) in [6.07, 6.45) is 4.80. The average Bonchev–Trinajstić information content (AvgIpc) is 3.24. The molecule has 34 heavy (non-hydrogen) atoms. The van der Waals surface area contributed by atoms with Crippen LogP contribution in [0.5, 0.6) is 0 Å². The third-order valence-electron chi connectivity index (χ3n) is 6.57. The lowest BCUT2D eigenvalue weighted by molar-refractivity contribution is -0.283. The van der Waals surface area contributed by atoms with Crippen LogP contribution in [0.3, 0.4) is 0 Å². The highest BCUT2D eigenvalue weighted by molar-refractivity contribution is 7.89. The first-order valence-electron chi connectivity index (χ1n) is 11.8. The fourth-order valence-corrected chi connectivity index (χ4v) is 6.14. The largest absolute Gasteiger partial charge is 0.350 e. The van der Waals surface area contributed by atoms with Crippen LogP contribution in [0.1, 0.15) is 20.8 Å². The molecule has 0 bridgehead atoms. The van der Waals surface area contributed by atoms with Crippen LogP contribution in [-0.2, 0) is 19.6 Å². The molecule has 182 valence electrons. The molecule has 0 spiro atoms. The summed E-state index contributed by atoms with van der Waals surface area (Å²) < 4.78 is 34.7. The Labute approximate surface area is 201 Å². The molecule has 1 saturated heterocycles. The Kier molecular flexibility index (Phi) is 6.47. The first-order valence-corrected chi connectivity index (χ1v) is 13.3. The Hall–Kier alpha value is -2.30. The minimum Gasteiger partial charge on any atom is -0.350 e. The number of nitrogens with one attached hydrogen (secondary N) is 1. The van der Waals surface area contributed by atoms with E-state index in [1.54, 1.807) is 23.4 Å². The number of benzene rings is 2. The van der Waals surface area contributed by atoms with Crippen molar-refractivity contribution < 1.29 is 18.0 Å². The second-order valence-electron chi connectivity index (χ2n) is 9.68. The van der Waals surface area contributed by atoms with Gasteiger partial charge in [-0.3, -0.25) is 9.89 Å². The molecule has 0 amide bonds. The van der Waals surface area contributed by atoms with E-state index in [1.165, 1.54) is 0 Å². The van der Waals surface area contributed by atoms with Crippen molar-refractivity contribution in [2.75, 3.05) is 19.7 Å². The van der Waals surface area contributed by atoms with Crippen molar-refractivity contribution >= 4 is 27.0 Å². The Morgan fingerprint density at radius 2 is 1.82 bits per heavy atom. The van der Waals surface area contributed by atoms with Crippen LogP contribution >= 0.6 is 0 Å². The second-order valence-corrected chi connectivity index (χ2v) is 11.4. The summed E-state index contributed by atoms with van der Waals surface area (Å²) in [5.74, 6) is 0.971. The van der Waals surface area contributed by atoms with Crippen LogP contribution < -0.4 is 4.72 Å². The predicted molar refractivity (Wildman–Crippen MR) is 131 cm³/mol. The highest BCUT2D eigenvalue weighted by atomic mass is 32.2. The van der Waals surface area contributed by atoms with Crippen LogP contribution in [0.4, 0.5) is 0 Å². The number of hydrogen-bond acceptors (Lipinski definition) is 7. The minimum atomic E-state index is -3.57. The maximum atomic E-state index is 13.0. The number of ether oxygens (including phenoxy) is 1. The van der Waals surface area contributed by atoms with Crippen LogP contribution in [0, 0.1) is 17.8 Å². The highest BCUT2D eigenvalue weighted by Gasteiger charge is 2.58. The smallest absolute Gasteiger partial charge is 0.240 e. The molecule has 4 atom stereocenters. The summed E-state index contributed by atoms with van der Waals surface area (Å²) in [6.45, 7) is 8.22. The molecule has 1 aliphatic carbocycles. The quantitative estimate of drug-likeness (QED) is 0.551. The number of nitrogens with zero attached hydrogens (tertiary/aromatic N) is 3. The van der Waals surface area contributed by atoms with Crippen molar-refractivity contribution in [3.63, 3.8) is 0 Å². The van der Waals surface area contributed by atoms with Gasteiger partial charge in [-0.1, -0.05) is 44.2 Å². The van der Waals surface area contributed by atoms with Gasteiger partial charge in [-0.2, -0.15) is 0 Å². The molecule has 0 radical (unpaired) electrons. The molecule has 8 nitrogen and oxygen atoms in total. The zero-order valence-electron chi connectivity index (χ0n) is 19.7. The summed E-state index contributed by atoms with van der Waals surface area (Å²) in [4.78, 5) is 13.1. The van der Waals surface area contributed by atoms with Gasteiger partial charge < -0.3 is 4.74 Å². The van der Waals surface area contributed by atoms with E-state index in [-0.39, 0.29) is 30.5 Å².